The Morgan fingerprint density at radius 2 is 1.08 bits per heavy atom. The summed E-state index contributed by atoms with van der Waals surface area (Å²) in [6, 6.07) is 41.6. The highest BCUT2D eigenvalue weighted by molar-refractivity contribution is 6.22. The molecule has 48 heavy (non-hydrogen) atoms. The maximum absolute atomic E-state index is 6.64. The van der Waals surface area contributed by atoms with E-state index in [1.54, 1.807) is 0 Å². The molecular formula is C46H28O2. The number of hydrogen-bond acceptors (Lipinski definition) is 2. The van der Waals surface area contributed by atoms with Gasteiger partial charge < -0.3 is 8.83 Å². The van der Waals surface area contributed by atoms with Crippen LogP contribution in [0.2, 0.25) is 0 Å². The van der Waals surface area contributed by atoms with Gasteiger partial charge in [-0.05, 0) is 85.6 Å². The van der Waals surface area contributed by atoms with Crippen molar-refractivity contribution in [2.45, 2.75) is 0 Å². The predicted molar refractivity (Wildman–Crippen MR) is 201 cm³/mol. The van der Waals surface area contributed by atoms with Crippen LogP contribution in [0.15, 0.2) is 167 Å². The number of fused-ring (bicyclic) bond motifs is 11. The summed E-state index contributed by atoms with van der Waals surface area (Å²) in [6.07, 6.45) is 15.9. The first-order valence-electron chi connectivity index (χ1n) is 16.7. The number of rotatable bonds is 2. The van der Waals surface area contributed by atoms with Gasteiger partial charge >= 0.3 is 0 Å². The van der Waals surface area contributed by atoms with Gasteiger partial charge in [-0.1, -0.05) is 121 Å². The topological polar surface area (TPSA) is 26.3 Å². The van der Waals surface area contributed by atoms with Crippen LogP contribution in [0.1, 0.15) is 5.56 Å². The lowest BCUT2D eigenvalue weighted by molar-refractivity contribution is 0.667. The van der Waals surface area contributed by atoms with E-state index in [0.717, 1.165) is 54.6 Å². The molecule has 2 heterocycles. The Bertz CT molecular complexity index is 2900. The number of para-hydroxylation sites is 1. The Hall–Kier alpha value is -6.12. The SMILES string of the molecule is C1=CC2C=CC=C(c3c4ccccc4c(-c4ccc5oc6c7cc8oc9ccccc9c8cc7ccc6c5c4)c4ccccc34)C2C=C1. The van der Waals surface area contributed by atoms with Gasteiger partial charge in [0.2, 0.25) is 0 Å². The largest absolute Gasteiger partial charge is 0.456 e. The summed E-state index contributed by atoms with van der Waals surface area (Å²) < 4.78 is 12.9. The molecule has 9 aromatic rings. The minimum atomic E-state index is 0.321. The van der Waals surface area contributed by atoms with E-state index in [1.807, 2.05) is 12.1 Å². The van der Waals surface area contributed by atoms with Crippen molar-refractivity contribution >= 4 is 81.8 Å². The van der Waals surface area contributed by atoms with Crippen molar-refractivity contribution in [3.05, 3.63) is 163 Å². The second kappa shape index (κ2) is 9.70. The van der Waals surface area contributed by atoms with Crippen LogP contribution in [-0.4, -0.2) is 0 Å². The highest BCUT2D eigenvalue weighted by atomic mass is 16.3. The van der Waals surface area contributed by atoms with Gasteiger partial charge in [-0.3, -0.25) is 0 Å². The molecule has 0 fully saturated rings. The highest BCUT2D eigenvalue weighted by Crippen LogP contribution is 2.47. The maximum atomic E-state index is 6.64. The highest BCUT2D eigenvalue weighted by Gasteiger charge is 2.27. The predicted octanol–water partition coefficient (Wildman–Crippen LogP) is 12.9. The first kappa shape index (κ1) is 26.0. The molecule has 0 aliphatic heterocycles. The number of allylic oxidation sites excluding steroid dienone is 8. The monoisotopic (exact) mass is 612 g/mol. The number of furan rings is 2. The second-order valence-corrected chi connectivity index (χ2v) is 13.1. The smallest absolute Gasteiger partial charge is 0.143 e. The molecule has 2 nitrogen and oxygen atoms in total. The molecule has 7 aromatic carbocycles. The molecule has 2 unspecified atom stereocenters. The Kier molecular flexibility index (Phi) is 5.25. The van der Waals surface area contributed by atoms with E-state index in [0.29, 0.717) is 11.8 Å². The second-order valence-electron chi connectivity index (χ2n) is 13.1. The summed E-state index contributed by atoms with van der Waals surface area (Å²) in [5.41, 5.74) is 8.73. The summed E-state index contributed by atoms with van der Waals surface area (Å²) in [7, 11) is 0. The zero-order valence-corrected chi connectivity index (χ0v) is 26.0. The molecule has 0 spiro atoms. The van der Waals surface area contributed by atoms with Crippen LogP contribution in [0, 0.1) is 11.8 Å². The maximum Gasteiger partial charge on any atom is 0.143 e. The molecule has 0 saturated heterocycles. The Balaban J connectivity index is 1.16. The van der Waals surface area contributed by atoms with E-state index >= 15 is 0 Å². The van der Waals surface area contributed by atoms with Crippen LogP contribution in [0.4, 0.5) is 0 Å². The van der Waals surface area contributed by atoms with Gasteiger partial charge in [0.05, 0.1) is 0 Å². The molecule has 2 aliphatic rings. The van der Waals surface area contributed by atoms with Gasteiger partial charge in [-0.2, -0.15) is 0 Å². The zero-order chi connectivity index (χ0) is 31.3. The molecule has 0 N–H and O–H groups in total. The van der Waals surface area contributed by atoms with Gasteiger partial charge in [-0.15, -0.1) is 0 Å². The van der Waals surface area contributed by atoms with E-state index < -0.39 is 0 Å². The summed E-state index contributed by atoms with van der Waals surface area (Å²) in [5, 5.41) is 11.8. The third kappa shape index (κ3) is 3.57. The Morgan fingerprint density at radius 3 is 1.90 bits per heavy atom. The van der Waals surface area contributed by atoms with Crippen molar-refractivity contribution in [2.75, 3.05) is 0 Å². The Morgan fingerprint density at radius 1 is 0.417 bits per heavy atom. The van der Waals surface area contributed by atoms with Gasteiger partial charge in [0.15, 0.2) is 0 Å². The first-order chi connectivity index (χ1) is 23.8. The fourth-order valence-corrected chi connectivity index (χ4v) is 8.45. The molecular weight excluding hydrogens is 585 g/mol. The lowest BCUT2D eigenvalue weighted by Gasteiger charge is -2.29. The summed E-state index contributed by atoms with van der Waals surface area (Å²) in [5.74, 6) is 0.699. The normalized spacial score (nSPS) is 17.5. The standard InChI is InChI=1S/C46H28O2/c1-2-12-30-27(10-1)11-9-18-32(30)45-35-16-5-3-14-33(35)44(34-15-4-6-17-36(34)45)29-21-23-42-40(25-29)37-22-20-28-24-39-31-13-7-8-19-41(31)47-43(39)26-38(28)46(37)48-42/h1-27,30H. The minimum Gasteiger partial charge on any atom is -0.456 e. The fourth-order valence-electron chi connectivity index (χ4n) is 8.45. The number of benzene rings is 7. The van der Waals surface area contributed by atoms with E-state index in [9.17, 15) is 0 Å². The third-order valence-electron chi connectivity index (χ3n) is 10.6. The molecule has 0 bridgehead atoms. The van der Waals surface area contributed by atoms with Crippen molar-refractivity contribution in [3.63, 3.8) is 0 Å². The molecule has 0 radical (unpaired) electrons. The van der Waals surface area contributed by atoms with E-state index in [4.69, 9.17) is 8.83 Å². The quantitative estimate of drug-likeness (QED) is 0.182. The molecule has 2 aliphatic carbocycles. The van der Waals surface area contributed by atoms with Crippen LogP contribution < -0.4 is 0 Å². The molecule has 2 atom stereocenters. The van der Waals surface area contributed by atoms with Crippen molar-refractivity contribution < 1.29 is 8.83 Å². The van der Waals surface area contributed by atoms with Crippen molar-refractivity contribution in [1.82, 2.24) is 0 Å². The molecule has 11 rings (SSSR count). The first-order valence-corrected chi connectivity index (χ1v) is 16.7. The molecule has 2 aromatic heterocycles. The van der Waals surface area contributed by atoms with Crippen LogP contribution in [0.5, 0.6) is 0 Å². The average molecular weight is 613 g/mol. The minimum absolute atomic E-state index is 0.321. The lowest BCUT2D eigenvalue weighted by Crippen LogP contribution is -2.15. The zero-order valence-electron chi connectivity index (χ0n) is 26.0. The van der Waals surface area contributed by atoms with Crippen molar-refractivity contribution in [2.24, 2.45) is 11.8 Å². The lowest BCUT2D eigenvalue weighted by atomic mass is 9.74. The average Bonchev–Trinajstić information content (AvgIpc) is 3.70. The Labute approximate surface area is 276 Å². The molecule has 0 saturated carbocycles. The van der Waals surface area contributed by atoms with E-state index in [1.165, 1.54) is 43.8 Å². The third-order valence-corrected chi connectivity index (χ3v) is 10.6. The van der Waals surface area contributed by atoms with Crippen LogP contribution in [-0.2, 0) is 0 Å². The van der Waals surface area contributed by atoms with Gasteiger partial charge in [0.25, 0.3) is 0 Å². The van der Waals surface area contributed by atoms with E-state index in [-0.39, 0.29) is 0 Å². The van der Waals surface area contributed by atoms with Crippen molar-refractivity contribution in [3.8, 4) is 11.1 Å². The van der Waals surface area contributed by atoms with Crippen LogP contribution in [0.25, 0.3) is 92.9 Å². The molecule has 2 heteroatoms. The van der Waals surface area contributed by atoms with E-state index in [2.05, 4.69) is 146 Å². The van der Waals surface area contributed by atoms with Gasteiger partial charge in [0.1, 0.15) is 22.3 Å². The van der Waals surface area contributed by atoms with Crippen molar-refractivity contribution in [1.29, 1.82) is 0 Å². The molecule has 224 valence electrons. The summed E-state index contributed by atoms with van der Waals surface area (Å²) in [4.78, 5) is 0. The fraction of sp³-hybridized carbons (Fsp3) is 0.0435. The number of hydrogen-bond donors (Lipinski definition) is 0. The summed E-state index contributed by atoms with van der Waals surface area (Å²) >= 11 is 0. The summed E-state index contributed by atoms with van der Waals surface area (Å²) in [6.45, 7) is 0. The van der Waals surface area contributed by atoms with Crippen LogP contribution >= 0.6 is 0 Å². The van der Waals surface area contributed by atoms with Crippen LogP contribution in [0.3, 0.4) is 0 Å². The molecule has 0 amide bonds. The van der Waals surface area contributed by atoms with Gasteiger partial charge in [-0.25, -0.2) is 0 Å². The van der Waals surface area contributed by atoms with Gasteiger partial charge in [0, 0.05) is 38.8 Å².